The average Bonchev–Trinajstić information content (AvgIpc) is 3.38. The Labute approximate surface area is 201 Å². The summed E-state index contributed by atoms with van der Waals surface area (Å²) in [7, 11) is 0. The molecule has 1 aromatic heterocycles. The molecule has 2 heteroatoms. The van der Waals surface area contributed by atoms with Crippen LogP contribution in [-0.2, 0) is 5.41 Å². The largest absolute Gasteiger partial charge is 0.135 e. The van der Waals surface area contributed by atoms with Crippen molar-refractivity contribution in [2.75, 3.05) is 0 Å². The van der Waals surface area contributed by atoms with E-state index in [0.717, 1.165) is 5.02 Å². The molecule has 6 aromatic rings. The smallest absolute Gasteiger partial charge is 0.0714 e. The number of halogens is 1. The molecular weight excluding hydrogens is 440 g/mol. The Balaban J connectivity index is 1.62. The molecule has 0 saturated carbocycles. The standard InChI is InChI=1S/C31H19ClS/c32-22-16-13-20(14-17-22)31(27-10-4-1-7-23(27)24-8-2-5-11-28(24)31)21-15-18-26-25-9-3-6-12-29(25)33-30(26)19-21/h1-19H. The van der Waals surface area contributed by atoms with E-state index in [4.69, 9.17) is 11.6 Å². The maximum Gasteiger partial charge on any atom is 0.0714 e. The van der Waals surface area contributed by atoms with Crippen molar-refractivity contribution in [1.82, 2.24) is 0 Å². The molecule has 1 aliphatic rings. The van der Waals surface area contributed by atoms with E-state index in [1.54, 1.807) is 0 Å². The highest BCUT2D eigenvalue weighted by Crippen LogP contribution is 2.56. The fourth-order valence-electron chi connectivity index (χ4n) is 5.68. The van der Waals surface area contributed by atoms with E-state index in [0.29, 0.717) is 0 Å². The first-order valence-electron chi connectivity index (χ1n) is 11.1. The van der Waals surface area contributed by atoms with Crippen LogP contribution in [0, 0.1) is 0 Å². The Morgan fingerprint density at radius 2 is 1.09 bits per heavy atom. The molecule has 1 aliphatic carbocycles. The zero-order valence-electron chi connectivity index (χ0n) is 17.8. The van der Waals surface area contributed by atoms with E-state index >= 15 is 0 Å². The number of hydrogen-bond acceptors (Lipinski definition) is 1. The Hall–Kier alpha value is -3.39. The Bertz CT molecular complexity index is 1630. The lowest BCUT2D eigenvalue weighted by atomic mass is 9.67. The van der Waals surface area contributed by atoms with Crippen molar-refractivity contribution in [3.05, 3.63) is 143 Å². The van der Waals surface area contributed by atoms with Crippen molar-refractivity contribution < 1.29 is 0 Å². The third kappa shape index (κ3) is 2.58. The molecule has 0 bridgehead atoms. The van der Waals surface area contributed by atoms with Gasteiger partial charge < -0.3 is 0 Å². The van der Waals surface area contributed by atoms with Gasteiger partial charge in [-0.25, -0.2) is 0 Å². The van der Waals surface area contributed by atoms with Crippen LogP contribution in [0.5, 0.6) is 0 Å². The molecular formula is C31H19ClS. The average molecular weight is 459 g/mol. The fourth-order valence-corrected chi connectivity index (χ4v) is 6.95. The molecule has 5 aromatic carbocycles. The highest BCUT2D eigenvalue weighted by atomic mass is 35.5. The van der Waals surface area contributed by atoms with Gasteiger partial charge in [0.1, 0.15) is 0 Å². The Morgan fingerprint density at radius 3 is 1.82 bits per heavy atom. The zero-order valence-corrected chi connectivity index (χ0v) is 19.3. The predicted octanol–water partition coefficient (Wildman–Crippen LogP) is 9.07. The molecule has 7 rings (SSSR count). The van der Waals surface area contributed by atoms with E-state index in [1.807, 2.05) is 23.5 Å². The van der Waals surface area contributed by atoms with Gasteiger partial charge in [0.25, 0.3) is 0 Å². The first-order chi connectivity index (χ1) is 16.3. The summed E-state index contributed by atoms with van der Waals surface area (Å²) in [5.41, 5.74) is 7.41. The van der Waals surface area contributed by atoms with Gasteiger partial charge in [0.2, 0.25) is 0 Å². The first-order valence-corrected chi connectivity index (χ1v) is 12.3. The summed E-state index contributed by atoms with van der Waals surface area (Å²) in [5.74, 6) is 0. The van der Waals surface area contributed by atoms with Crippen LogP contribution in [0.4, 0.5) is 0 Å². The lowest BCUT2D eigenvalue weighted by Gasteiger charge is -2.34. The van der Waals surface area contributed by atoms with Gasteiger partial charge in [-0.1, -0.05) is 103 Å². The number of thiophene rings is 1. The molecule has 0 amide bonds. The molecule has 0 spiro atoms. The van der Waals surface area contributed by atoms with Crippen LogP contribution >= 0.6 is 22.9 Å². The van der Waals surface area contributed by atoms with E-state index in [1.165, 1.54) is 53.6 Å². The number of fused-ring (bicyclic) bond motifs is 6. The van der Waals surface area contributed by atoms with Gasteiger partial charge in [-0.05, 0) is 57.6 Å². The number of rotatable bonds is 2. The summed E-state index contributed by atoms with van der Waals surface area (Å²) in [5, 5.41) is 3.41. The van der Waals surface area contributed by atoms with Crippen molar-refractivity contribution in [2.24, 2.45) is 0 Å². The topological polar surface area (TPSA) is 0 Å². The van der Waals surface area contributed by atoms with Crippen molar-refractivity contribution >= 4 is 43.1 Å². The van der Waals surface area contributed by atoms with Gasteiger partial charge in [0.15, 0.2) is 0 Å². The zero-order chi connectivity index (χ0) is 22.0. The van der Waals surface area contributed by atoms with Crippen LogP contribution in [0.1, 0.15) is 22.3 Å². The first kappa shape index (κ1) is 19.1. The summed E-state index contributed by atoms with van der Waals surface area (Å²) in [6.45, 7) is 0. The number of hydrogen-bond donors (Lipinski definition) is 0. The highest BCUT2D eigenvalue weighted by Gasteiger charge is 2.45. The molecule has 0 fully saturated rings. The number of benzene rings is 5. The quantitative estimate of drug-likeness (QED) is 0.242. The molecule has 0 N–H and O–H groups in total. The third-order valence-corrected chi connectivity index (χ3v) is 8.43. The Morgan fingerprint density at radius 1 is 0.515 bits per heavy atom. The molecule has 0 unspecified atom stereocenters. The van der Waals surface area contributed by atoms with Gasteiger partial charge in [-0.15, -0.1) is 11.3 Å². The lowest BCUT2D eigenvalue weighted by molar-refractivity contribution is 0.770. The fraction of sp³-hybridized carbons (Fsp3) is 0.0323. The van der Waals surface area contributed by atoms with Crippen LogP contribution in [0.25, 0.3) is 31.3 Å². The van der Waals surface area contributed by atoms with Gasteiger partial charge in [-0.2, -0.15) is 0 Å². The van der Waals surface area contributed by atoms with Gasteiger partial charge in [-0.3, -0.25) is 0 Å². The molecule has 156 valence electrons. The molecule has 33 heavy (non-hydrogen) atoms. The van der Waals surface area contributed by atoms with E-state index < -0.39 is 0 Å². The molecule has 0 nitrogen and oxygen atoms in total. The van der Waals surface area contributed by atoms with Gasteiger partial charge in [0.05, 0.1) is 5.41 Å². The minimum absolute atomic E-state index is 0.387. The molecule has 0 atom stereocenters. The predicted molar refractivity (Wildman–Crippen MR) is 142 cm³/mol. The molecule has 0 radical (unpaired) electrons. The third-order valence-electron chi connectivity index (χ3n) is 7.04. The van der Waals surface area contributed by atoms with Crippen LogP contribution in [0.3, 0.4) is 0 Å². The normalized spacial score (nSPS) is 13.8. The Kier molecular flexibility index (Phi) is 4.08. The summed E-state index contributed by atoms with van der Waals surface area (Å²) in [6, 6.07) is 41.8. The summed E-state index contributed by atoms with van der Waals surface area (Å²) >= 11 is 8.21. The maximum absolute atomic E-state index is 6.34. The van der Waals surface area contributed by atoms with Crippen molar-refractivity contribution in [2.45, 2.75) is 5.41 Å². The van der Waals surface area contributed by atoms with Crippen LogP contribution in [-0.4, -0.2) is 0 Å². The molecule has 1 heterocycles. The van der Waals surface area contributed by atoms with Crippen molar-refractivity contribution in [3.8, 4) is 11.1 Å². The highest BCUT2D eigenvalue weighted by molar-refractivity contribution is 7.25. The van der Waals surface area contributed by atoms with Gasteiger partial charge in [0, 0.05) is 25.2 Å². The monoisotopic (exact) mass is 458 g/mol. The van der Waals surface area contributed by atoms with Crippen molar-refractivity contribution in [3.63, 3.8) is 0 Å². The lowest BCUT2D eigenvalue weighted by Crippen LogP contribution is -2.28. The van der Waals surface area contributed by atoms with Crippen LogP contribution in [0.2, 0.25) is 5.02 Å². The molecule has 0 saturated heterocycles. The summed E-state index contributed by atoms with van der Waals surface area (Å²) in [4.78, 5) is 0. The maximum atomic E-state index is 6.34. The van der Waals surface area contributed by atoms with E-state index in [-0.39, 0.29) is 5.41 Å². The second-order valence-corrected chi connectivity index (χ2v) is 10.2. The van der Waals surface area contributed by atoms with Crippen molar-refractivity contribution in [1.29, 1.82) is 0 Å². The van der Waals surface area contributed by atoms with Crippen LogP contribution in [0.15, 0.2) is 115 Å². The summed E-state index contributed by atoms with van der Waals surface area (Å²) in [6.07, 6.45) is 0. The second-order valence-electron chi connectivity index (χ2n) is 8.66. The minimum Gasteiger partial charge on any atom is -0.135 e. The van der Waals surface area contributed by atoms with Gasteiger partial charge >= 0.3 is 0 Å². The van der Waals surface area contributed by atoms with E-state index in [2.05, 4.69) is 103 Å². The minimum atomic E-state index is -0.387. The SMILES string of the molecule is Clc1ccc(C2(c3ccc4c(c3)sc3ccccc34)c3ccccc3-c3ccccc32)cc1. The van der Waals surface area contributed by atoms with E-state index in [9.17, 15) is 0 Å². The second kappa shape index (κ2) is 7.05. The summed E-state index contributed by atoms with van der Waals surface area (Å²) < 4.78 is 2.65. The molecule has 0 aliphatic heterocycles. The van der Waals surface area contributed by atoms with Crippen LogP contribution < -0.4 is 0 Å².